The lowest BCUT2D eigenvalue weighted by molar-refractivity contribution is -0.277. The topological polar surface area (TPSA) is 598 Å². The number of fused-ring (bicyclic) bond motifs is 14. The first-order chi connectivity index (χ1) is 58.6. The first-order valence-electron chi connectivity index (χ1n) is 38.4. The highest BCUT2D eigenvalue weighted by Crippen LogP contribution is 2.52. The molecule has 0 spiro atoms. The average molecular weight is 1790 g/mol. The van der Waals surface area contributed by atoms with Crippen LogP contribution in [0.15, 0.2) is 103 Å². The van der Waals surface area contributed by atoms with Crippen molar-refractivity contribution in [2.75, 3.05) is 13.7 Å². The maximum Gasteiger partial charge on any atom is 0.335 e. The van der Waals surface area contributed by atoms with E-state index >= 15 is 24.0 Å². The summed E-state index contributed by atoms with van der Waals surface area (Å²) >= 11 is 28.5. The molecule has 0 unspecified atom stereocenters. The zero-order valence-corrected chi connectivity index (χ0v) is 67.5. The normalized spacial score (nSPS) is 27.0. The van der Waals surface area contributed by atoms with Gasteiger partial charge in [0.1, 0.15) is 126 Å². The molecule has 0 radical (unpaired) electrons. The molecule has 0 aliphatic carbocycles. The predicted molar refractivity (Wildman–Crippen MR) is 426 cm³/mol. The number of nitrogens with one attached hydrogen (secondary N) is 8. The fourth-order valence-corrected chi connectivity index (χ4v) is 16.1. The Morgan fingerprint density at radius 3 is 1.75 bits per heavy atom. The fourth-order valence-electron chi connectivity index (χ4n) is 15.0. The highest BCUT2D eigenvalue weighted by atomic mass is 35.5. The molecule has 8 aliphatic rings. The number of ether oxygens (including phenoxy) is 7. The highest BCUT2D eigenvalue weighted by molar-refractivity contribution is 6.37. The zero-order chi connectivity index (χ0) is 88.6. The third-order valence-corrected chi connectivity index (χ3v) is 22.7. The van der Waals surface area contributed by atoms with E-state index in [1.807, 2.05) is 6.92 Å². The Morgan fingerprint density at radius 2 is 1.08 bits per heavy atom. The van der Waals surface area contributed by atoms with E-state index in [-0.39, 0.29) is 17.5 Å². The second kappa shape index (κ2) is 37.4. The van der Waals surface area contributed by atoms with Gasteiger partial charge in [-0.15, -0.1) is 0 Å². The molecular weight excluding hydrogens is 1710 g/mol. The summed E-state index contributed by atoms with van der Waals surface area (Å²) in [5.74, 6) is -22.0. The smallest absolute Gasteiger partial charge is 0.335 e. The van der Waals surface area contributed by atoms with Gasteiger partial charge in [0.05, 0.1) is 26.7 Å². The number of unbranched alkanes of at least 4 members (excludes halogenated alkanes) is 6. The van der Waals surface area contributed by atoms with Crippen LogP contribution in [-0.2, 0) is 52.6 Å². The minimum atomic E-state index is -2.59. The van der Waals surface area contributed by atoms with E-state index in [2.05, 4.69) is 42.5 Å². The van der Waals surface area contributed by atoms with Crippen molar-refractivity contribution in [1.29, 1.82) is 0 Å². The maximum absolute atomic E-state index is 16.7. The number of amides is 7. The molecule has 7 amide bonds. The van der Waals surface area contributed by atoms with Gasteiger partial charge in [-0.1, -0.05) is 110 Å². The standard InChI is InChI=1S/C81H82Cl4N8O30/c1-3-4-5-6-7-8-9-10-51(99)87-61-65(103)67(105)71(79(115)116)123-80(61)122-70-48-22-32-23-49(70)119-69-40(83)19-33(20-41(69)84)63(101)60-77(112)91-58(78(113)114)37-24-34(95)25-47(120-81-68(106)66(104)64(102)50(28-94)121-81)52(37)36-17-29(11-14-42(36)96)55(73(108)93-60)88-74(109)56(32)89-75(110)57-38-26-35(27-44(98)53(38)85)117-46-21-30(12-15-43(46)97)54(86-2)72(107)92-59(76(111)90-57)62(100)31-13-16-45(118-48)39(82)18-31/h11-27,50,54-68,71,80-81,86,94-98,100-106H,3-10,28H2,1-2H3,(H,87,99)(H,88,109)(H,89,110)(H,90,111)(H,91,112)(H,92,107)(H,93,108)(H,113,114)(H,115,116)/t50-,54+,55+,56+,57-,58+,59+,60-,61-,62+,63-,64-,65-,66-,67-,68-,71+,80+,81-/m0/s1. The average Bonchev–Trinajstić information content (AvgIpc) is 0.757. The van der Waals surface area contributed by atoms with Crippen molar-refractivity contribution in [3.8, 4) is 80.1 Å². The van der Waals surface area contributed by atoms with Gasteiger partial charge in [-0.05, 0) is 114 Å². The third kappa shape index (κ3) is 18.7. The second-order valence-corrected chi connectivity index (χ2v) is 31.3. The fraction of sp³-hybridized carbons (Fsp3) is 0.370. The molecule has 15 rings (SSSR count). The molecule has 654 valence electrons. The molecule has 8 heterocycles. The second-order valence-electron chi connectivity index (χ2n) is 29.7. The van der Waals surface area contributed by atoms with Crippen molar-refractivity contribution in [2.45, 2.75) is 174 Å². The van der Waals surface area contributed by atoms with Gasteiger partial charge in [0.15, 0.2) is 40.9 Å². The van der Waals surface area contributed by atoms with Gasteiger partial charge in [0.2, 0.25) is 59.7 Å². The Bertz CT molecular complexity index is 5300. The Morgan fingerprint density at radius 1 is 0.488 bits per heavy atom. The highest BCUT2D eigenvalue weighted by Gasteiger charge is 2.52. The molecule has 2 saturated heterocycles. The van der Waals surface area contributed by atoms with Crippen molar-refractivity contribution < 1.29 is 148 Å². The van der Waals surface area contributed by atoms with Crippen LogP contribution in [-0.4, -0.2) is 212 Å². The number of benzene rings is 7. The van der Waals surface area contributed by atoms with Crippen LogP contribution in [0.3, 0.4) is 0 Å². The van der Waals surface area contributed by atoms with Gasteiger partial charge in [0, 0.05) is 40.8 Å². The summed E-state index contributed by atoms with van der Waals surface area (Å²) in [6.07, 6.45) is -19.1. The predicted octanol–water partition coefficient (Wildman–Crippen LogP) is 4.35. The largest absolute Gasteiger partial charge is 0.508 e. The minimum absolute atomic E-state index is 0.0707. The molecule has 123 heavy (non-hydrogen) atoms. The van der Waals surface area contributed by atoms with Crippen LogP contribution in [0, 0.1) is 0 Å². The first-order valence-corrected chi connectivity index (χ1v) is 39.9. The van der Waals surface area contributed by atoms with Gasteiger partial charge < -0.3 is 147 Å². The summed E-state index contributed by atoms with van der Waals surface area (Å²) in [7, 11) is 1.34. The Balaban J connectivity index is 1.07. The Kier molecular flexibility index (Phi) is 27.2. The van der Waals surface area contributed by atoms with E-state index < -0.39 is 304 Å². The van der Waals surface area contributed by atoms with Crippen LogP contribution in [0.4, 0.5) is 0 Å². The number of likely N-dealkylation sites (N-methyl/N-ethyl adjacent to an activating group) is 1. The molecule has 0 aromatic heterocycles. The van der Waals surface area contributed by atoms with Crippen LogP contribution in [0.1, 0.15) is 140 Å². The lowest BCUT2D eigenvalue weighted by atomic mass is 9.89. The zero-order valence-electron chi connectivity index (χ0n) is 64.5. The number of hydrogen-bond donors (Lipinski definition) is 22. The SMILES string of the molecule is CCCCCCCCCC(=O)N[C@@H]1[C@H](Oc2c3cc4cc2Oc2c(Cl)cc(cc2Cl)[C@H](O)[C@@H]2NC(=O)[C@H](NC(=O)[C@@H]4NC(=O)[C@H]4NC(=O)[C@H](NC(=O)[C@H](NC)c5ccc(O)c(c5)Oc5cc(O)c(Cl)c4c5)[C@H](O)c4ccc(c(Cl)c4)O3)c3ccc(O)c(c3)-c3c(O[C@H]4O[C@@H](CO)[C@H](O)[C@H](O)[C@@H]4O)cc(O)cc3[C@H](C(=O)O)NC2=O)O[C@@H](C(=O)O)[C@@H](O)[C@H]1O. The van der Waals surface area contributed by atoms with Gasteiger partial charge in [0.25, 0.3) is 0 Å². The molecular formula is C81H82Cl4N8O30. The van der Waals surface area contributed by atoms with E-state index in [0.29, 0.717) is 12.8 Å². The van der Waals surface area contributed by atoms with Crippen LogP contribution < -0.4 is 66.2 Å². The molecule has 38 nitrogen and oxygen atoms in total. The van der Waals surface area contributed by atoms with E-state index in [9.17, 15) is 90.7 Å². The number of aliphatic hydroxyl groups excluding tert-OH is 8. The number of carboxylic acid groups (broad SMARTS) is 2. The number of aliphatic carboxylic acids is 2. The number of hydrogen-bond acceptors (Lipinski definition) is 29. The first kappa shape index (κ1) is 89.4. The minimum Gasteiger partial charge on any atom is -0.508 e. The number of carbonyl (C=O) groups excluding carboxylic acids is 7. The lowest BCUT2D eigenvalue weighted by Crippen LogP contribution is -2.66. The number of aliphatic hydroxyl groups is 8. The Hall–Kier alpha value is -11.3. The lowest BCUT2D eigenvalue weighted by Gasteiger charge is -2.41. The number of phenolic OH excluding ortho intramolecular Hbond substituents is 4. The van der Waals surface area contributed by atoms with Crippen molar-refractivity contribution in [3.05, 3.63) is 162 Å². The van der Waals surface area contributed by atoms with E-state index in [4.69, 9.17) is 79.6 Å². The van der Waals surface area contributed by atoms with Crippen molar-refractivity contribution in [1.82, 2.24) is 42.5 Å². The number of phenols is 4. The molecule has 19 atom stereocenters. The van der Waals surface area contributed by atoms with Gasteiger partial charge in [-0.3, -0.25) is 33.6 Å². The number of carboxylic acids is 2. The summed E-state index contributed by atoms with van der Waals surface area (Å²) in [4.78, 5) is 136. The summed E-state index contributed by atoms with van der Waals surface area (Å²) in [6.45, 7) is 1.03. The van der Waals surface area contributed by atoms with Crippen molar-refractivity contribution in [3.63, 3.8) is 0 Å². The molecule has 7 aromatic rings. The van der Waals surface area contributed by atoms with Gasteiger partial charge >= 0.3 is 11.9 Å². The van der Waals surface area contributed by atoms with E-state index in [1.165, 1.54) is 19.2 Å². The maximum atomic E-state index is 16.7. The molecule has 7 aromatic carbocycles. The summed E-state index contributed by atoms with van der Waals surface area (Å²) in [5.41, 5.74) is -4.54. The molecule has 42 heteroatoms. The number of rotatable bonds is 17. The van der Waals surface area contributed by atoms with E-state index in [1.54, 1.807) is 0 Å². The van der Waals surface area contributed by atoms with Crippen molar-refractivity contribution in [2.24, 2.45) is 0 Å². The van der Waals surface area contributed by atoms with Crippen LogP contribution >= 0.6 is 46.4 Å². The van der Waals surface area contributed by atoms with Crippen LogP contribution in [0.25, 0.3) is 11.1 Å². The summed E-state index contributed by atoms with van der Waals surface area (Å²) < 4.78 is 43.7. The van der Waals surface area contributed by atoms with Gasteiger partial charge in [-0.2, -0.15) is 0 Å². The molecule has 0 saturated carbocycles. The van der Waals surface area contributed by atoms with E-state index in [0.717, 1.165) is 123 Å². The third-order valence-electron chi connectivity index (χ3n) is 21.5. The molecule has 8 aliphatic heterocycles. The van der Waals surface area contributed by atoms with Crippen LogP contribution in [0.2, 0.25) is 20.1 Å². The summed E-state index contributed by atoms with van der Waals surface area (Å²) in [6, 6.07) is -1.40. The quantitative estimate of drug-likeness (QED) is 0.0564. The molecule has 22 N–H and O–H groups in total. The van der Waals surface area contributed by atoms with Crippen LogP contribution in [0.5, 0.6) is 69.0 Å². The monoisotopic (exact) mass is 1790 g/mol. The number of halogens is 4. The Labute approximate surface area is 716 Å². The number of carbonyl (C=O) groups is 9. The summed E-state index contributed by atoms with van der Waals surface area (Å²) in [5, 5.41) is 178. The molecule has 17 bridgehead atoms. The van der Waals surface area contributed by atoms with Gasteiger partial charge in [-0.25, -0.2) is 9.59 Å². The van der Waals surface area contributed by atoms with Crippen molar-refractivity contribution >= 4 is 99.7 Å². The molecule has 2 fully saturated rings. The number of aromatic hydroxyl groups is 4.